The van der Waals surface area contributed by atoms with Gasteiger partial charge in [-0.15, -0.1) is 11.3 Å². The summed E-state index contributed by atoms with van der Waals surface area (Å²) in [5.74, 6) is 0.0764. The van der Waals surface area contributed by atoms with Crippen molar-refractivity contribution >= 4 is 22.9 Å². The Hall–Kier alpha value is -0.280. The molecule has 1 heterocycles. The van der Waals surface area contributed by atoms with Gasteiger partial charge in [-0.3, -0.25) is 0 Å². The van der Waals surface area contributed by atoms with Crippen LogP contribution in [0.4, 0.5) is 0 Å². The summed E-state index contributed by atoms with van der Waals surface area (Å²) < 4.78 is 0.407. The number of thiazole rings is 1. The third-order valence-corrected chi connectivity index (χ3v) is 2.27. The summed E-state index contributed by atoms with van der Waals surface area (Å²) in [5.41, 5.74) is 0. The van der Waals surface area contributed by atoms with Crippen LogP contribution >= 0.6 is 22.9 Å². The zero-order chi connectivity index (χ0) is 6.85. The minimum absolute atomic E-state index is 0.0764. The van der Waals surface area contributed by atoms with E-state index in [9.17, 15) is 0 Å². The Morgan fingerprint density at radius 3 is 2.67 bits per heavy atom. The molecule has 50 valence electrons. The van der Waals surface area contributed by atoms with E-state index in [1.54, 1.807) is 0 Å². The summed E-state index contributed by atoms with van der Waals surface area (Å²) in [7, 11) is 0. The molecule has 4 heteroatoms. The number of nitrogens with zero attached hydrogens (tertiary/aromatic N) is 1. The van der Waals surface area contributed by atoms with Gasteiger partial charge in [0.2, 0.25) is 5.88 Å². The lowest BCUT2D eigenvalue weighted by molar-refractivity contribution is 0.452. The van der Waals surface area contributed by atoms with Crippen LogP contribution in [0.25, 0.3) is 0 Å². The fraction of sp³-hybridized carbons (Fsp3) is 0.400. The van der Waals surface area contributed by atoms with E-state index in [0.29, 0.717) is 4.47 Å². The molecule has 1 rings (SSSR count). The first-order valence-electron chi connectivity index (χ1n) is 2.58. The molecule has 1 aromatic rings. The van der Waals surface area contributed by atoms with Crippen LogP contribution in [-0.4, -0.2) is 10.1 Å². The molecule has 0 saturated carbocycles. The Kier molecular flexibility index (Phi) is 1.93. The first-order valence-corrected chi connectivity index (χ1v) is 3.77. The number of hydrogen-bond acceptors (Lipinski definition) is 3. The van der Waals surface area contributed by atoms with E-state index in [0.717, 1.165) is 11.3 Å². The molecule has 0 aromatic carbocycles. The van der Waals surface area contributed by atoms with E-state index in [1.807, 2.05) is 6.92 Å². The normalized spacial score (nSPS) is 10.0. The van der Waals surface area contributed by atoms with Gasteiger partial charge in [0.05, 0.1) is 4.88 Å². The summed E-state index contributed by atoms with van der Waals surface area (Å²) in [4.78, 5) is 4.47. The van der Waals surface area contributed by atoms with E-state index >= 15 is 0 Å². The fourth-order valence-electron chi connectivity index (χ4n) is 0.546. The summed E-state index contributed by atoms with van der Waals surface area (Å²) in [6.07, 6.45) is 0.788. The van der Waals surface area contributed by atoms with Crippen LogP contribution in [0.5, 0.6) is 5.88 Å². The van der Waals surface area contributed by atoms with Gasteiger partial charge in [0, 0.05) is 0 Å². The molecule has 0 aliphatic rings. The van der Waals surface area contributed by atoms with Crippen LogP contribution in [0, 0.1) is 0 Å². The summed E-state index contributed by atoms with van der Waals surface area (Å²) in [5, 5.41) is 8.95. The van der Waals surface area contributed by atoms with E-state index in [4.69, 9.17) is 16.7 Å². The predicted octanol–water partition coefficient (Wildman–Crippen LogP) is 2.06. The van der Waals surface area contributed by atoms with Crippen molar-refractivity contribution in [3.8, 4) is 5.88 Å². The number of aryl methyl sites for hydroxylation is 1. The molecule has 0 unspecified atom stereocenters. The molecule has 0 aliphatic carbocycles. The van der Waals surface area contributed by atoms with Crippen LogP contribution in [0.3, 0.4) is 0 Å². The Morgan fingerprint density at radius 1 is 1.78 bits per heavy atom. The van der Waals surface area contributed by atoms with Crippen LogP contribution in [0.15, 0.2) is 0 Å². The standard InChI is InChI=1S/C5H6ClNOS/c1-2-3-4(8)7-5(6)9-3/h8H,2H2,1H3. The van der Waals surface area contributed by atoms with Gasteiger partial charge in [-0.1, -0.05) is 18.5 Å². The van der Waals surface area contributed by atoms with Crippen molar-refractivity contribution in [2.24, 2.45) is 0 Å². The Bertz CT molecular complexity index is 211. The SMILES string of the molecule is CCc1sc(Cl)nc1O. The van der Waals surface area contributed by atoms with Gasteiger partial charge in [0.25, 0.3) is 0 Å². The third kappa shape index (κ3) is 1.34. The molecule has 2 nitrogen and oxygen atoms in total. The van der Waals surface area contributed by atoms with Gasteiger partial charge >= 0.3 is 0 Å². The van der Waals surface area contributed by atoms with Crippen molar-refractivity contribution in [3.05, 3.63) is 9.34 Å². The number of hydrogen-bond donors (Lipinski definition) is 1. The number of halogens is 1. The van der Waals surface area contributed by atoms with Gasteiger partial charge < -0.3 is 5.11 Å². The van der Waals surface area contributed by atoms with E-state index in [-0.39, 0.29) is 5.88 Å². The van der Waals surface area contributed by atoms with E-state index < -0.39 is 0 Å². The number of aromatic hydroxyl groups is 1. The molecule has 0 bridgehead atoms. The first-order chi connectivity index (χ1) is 4.24. The molecule has 0 amide bonds. The van der Waals surface area contributed by atoms with Crippen molar-refractivity contribution in [3.63, 3.8) is 0 Å². The molecule has 1 aromatic heterocycles. The lowest BCUT2D eigenvalue weighted by Gasteiger charge is -1.84. The maximum atomic E-state index is 8.95. The van der Waals surface area contributed by atoms with Crippen LogP contribution in [0.1, 0.15) is 11.8 Å². The second-order valence-corrected chi connectivity index (χ2v) is 3.23. The topological polar surface area (TPSA) is 33.1 Å². The molecule has 0 aliphatic heterocycles. The second kappa shape index (κ2) is 2.54. The molecule has 0 spiro atoms. The third-order valence-electron chi connectivity index (χ3n) is 0.972. The predicted molar refractivity (Wildman–Crippen MR) is 38.2 cm³/mol. The Morgan fingerprint density at radius 2 is 2.44 bits per heavy atom. The molecule has 0 fully saturated rings. The largest absolute Gasteiger partial charge is 0.492 e. The average molecular weight is 164 g/mol. The quantitative estimate of drug-likeness (QED) is 0.688. The van der Waals surface area contributed by atoms with Crippen molar-refractivity contribution in [2.45, 2.75) is 13.3 Å². The van der Waals surface area contributed by atoms with Gasteiger partial charge in [-0.2, -0.15) is 4.98 Å². The van der Waals surface area contributed by atoms with Crippen molar-refractivity contribution < 1.29 is 5.11 Å². The maximum Gasteiger partial charge on any atom is 0.226 e. The van der Waals surface area contributed by atoms with Gasteiger partial charge in [-0.25, -0.2) is 0 Å². The highest BCUT2D eigenvalue weighted by molar-refractivity contribution is 7.16. The zero-order valence-electron chi connectivity index (χ0n) is 4.89. The number of aromatic nitrogens is 1. The van der Waals surface area contributed by atoms with Gasteiger partial charge in [0.1, 0.15) is 0 Å². The van der Waals surface area contributed by atoms with E-state index in [1.165, 1.54) is 11.3 Å². The minimum atomic E-state index is 0.0764. The van der Waals surface area contributed by atoms with Crippen molar-refractivity contribution in [1.82, 2.24) is 4.98 Å². The highest BCUT2D eigenvalue weighted by atomic mass is 35.5. The number of rotatable bonds is 1. The molecule has 9 heavy (non-hydrogen) atoms. The lowest BCUT2D eigenvalue weighted by Crippen LogP contribution is -1.70. The molecule has 1 N–H and O–H groups in total. The summed E-state index contributed by atoms with van der Waals surface area (Å²) >= 11 is 6.81. The van der Waals surface area contributed by atoms with E-state index in [2.05, 4.69) is 4.98 Å². The van der Waals surface area contributed by atoms with Crippen molar-refractivity contribution in [1.29, 1.82) is 0 Å². The Balaban J connectivity index is 3.01. The summed E-state index contributed by atoms with van der Waals surface area (Å²) in [6.45, 7) is 1.95. The van der Waals surface area contributed by atoms with Gasteiger partial charge in [-0.05, 0) is 6.42 Å². The summed E-state index contributed by atoms with van der Waals surface area (Å²) in [6, 6.07) is 0. The van der Waals surface area contributed by atoms with Crippen LogP contribution < -0.4 is 0 Å². The highest BCUT2D eigenvalue weighted by Gasteiger charge is 2.04. The molecular formula is C5H6ClNOS. The fourth-order valence-corrected chi connectivity index (χ4v) is 1.52. The Labute approximate surface area is 62.1 Å². The minimum Gasteiger partial charge on any atom is -0.492 e. The molecular weight excluding hydrogens is 158 g/mol. The highest BCUT2D eigenvalue weighted by Crippen LogP contribution is 2.27. The lowest BCUT2D eigenvalue weighted by atomic mass is 10.4. The smallest absolute Gasteiger partial charge is 0.226 e. The molecule has 0 radical (unpaired) electrons. The maximum absolute atomic E-state index is 8.95. The first kappa shape index (κ1) is 6.83. The zero-order valence-corrected chi connectivity index (χ0v) is 6.46. The average Bonchev–Trinajstić information content (AvgIpc) is 2.10. The van der Waals surface area contributed by atoms with Gasteiger partial charge in [0.15, 0.2) is 4.47 Å². The van der Waals surface area contributed by atoms with Crippen molar-refractivity contribution in [2.75, 3.05) is 0 Å². The molecule has 0 saturated heterocycles. The molecule has 0 atom stereocenters. The second-order valence-electron chi connectivity index (χ2n) is 1.57. The van der Waals surface area contributed by atoms with Crippen LogP contribution in [0.2, 0.25) is 4.47 Å². The van der Waals surface area contributed by atoms with Crippen LogP contribution in [-0.2, 0) is 6.42 Å². The monoisotopic (exact) mass is 163 g/mol.